The van der Waals surface area contributed by atoms with Crippen LogP contribution in [0.3, 0.4) is 0 Å². The van der Waals surface area contributed by atoms with Gasteiger partial charge in [0, 0.05) is 24.9 Å². The summed E-state index contributed by atoms with van der Waals surface area (Å²) in [6.07, 6.45) is 2.68. The molecule has 0 amide bonds. The predicted molar refractivity (Wildman–Crippen MR) is 54.3 cm³/mol. The molecular weight excluding hydrogens is 194 g/mol. The van der Waals surface area contributed by atoms with Gasteiger partial charge in [-0.15, -0.1) is 0 Å². The molecule has 2 heterocycles. The first kappa shape index (κ1) is 10.6. The van der Waals surface area contributed by atoms with Crippen molar-refractivity contribution in [3.63, 3.8) is 0 Å². The third kappa shape index (κ3) is 2.20. The molecule has 0 aromatic heterocycles. The smallest absolute Gasteiger partial charge is 0.320 e. The van der Waals surface area contributed by atoms with Crippen LogP contribution in [0.5, 0.6) is 0 Å². The van der Waals surface area contributed by atoms with Gasteiger partial charge in [0.05, 0.1) is 13.2 Å². The van der Waals surface area contributed by atoms with Crippen molar-refractivity contribution in [2.45, 2.75) is 32.2 Å². The fourth-order valence-electron chi connectivity index (χ4n) is 2.56. The van der Waals surface area contributed by atoms with Crippen LogP contribution in [0.15, 0.2) is 0 Å². The van der Waals surface area contributed by atoms with Gasteiger partial charge < -0.3 is 4.74 Å². The molecule has 4 heteroatoms. The minimum absolute atomic E-state index is 0.169. The second-order valence-corrected chi connectivity index (χ2v) is 4.33. The predicted octanol–water partition coefficient (Wildman–Crippen LogP) is 0.603. The van der Waals surface area contributed by atoms with Crippen LogP contribution in [0.25, 0.3) is 0 Å². The summed E-state index contributed by atoms with van der Waals surface area (Å²) in [5.74, 6) is 0.383. The second kappa shape index (κ2) is 4.31. The fraction of sp³-hybridized carbons (Fsp3) is 0.818. The molecule has 0 radical (unpaired) electrons. The largest absolute Gasteiger partial charge is 0.465 e. The van der Waals surface area contributed by atoms with Crippen LogP contribution in [0.4, 0.5) is 0 Å². The first-order valence-corrected chi connectivity index (χ1v) is 5.63. The van der Waals surface area contributed by atoms with E-state index in [4.69, 9.17) is 4.74 Å². The number of hydrogen-bond donors (Lipinski definition) is 0. The molecule has 15 heavy (non-hydrogen) atoms. The molecule has 1 aliphatic carbocycles. The van der Waals surface area contributed by atoms with Gasteiger partial charge in [0.15, 0.2) is 0 Å². The van der Waals surface area contributed by atoms with Crippen molar-refractivity contribution < 1.29 is 14.3 Å². The number of carbonyl (C=O) groups is 2. The van der Waals surface area contributed by atoms with Crippen molar-refractivity contribution in [1.29, 1.82) is 0 Å². The quantitative estimate of drug-likeness (QED) is 0.641. The average molecular weight is 211 g/mol. The molecule has 0 N–H and O–H groups in total. The maximum absolute atomic E-state index is 11.5. The normalized spacial score (nSPS) is 30.6. The van der Waals surface area contributed by atoms with Crippen LogP contribution in [-0.4, -0.2) is 42.4 Å². The highest BCUT2D eigenvalue weighted by Crippen LogP contribution is 2.32. The summed E-state index contributed by atoms with van der Waals surface area (Å²) in [5.41, 5.74) is 0. The van der Waals surface area contributed by atoms with E-state index in [1.54, 1.807) is 0 Å². The van der Waals surface area contributed by atoms with Crippen LogP contribution in [0.2, 0.25) is 0 Å². The van der Waals surface area contributed by atoms with E-state index >= 15 is 0 Å². The van der Waals surface area contributed by atoms with Crippen molar-refractivity contribution in [1.82, 2.24) is 4.90 Å². The average Bonchev–Trinajstić information content (AvgIpc) is 2.20. The topological polar surface area (TPSA) is 46.6 Å². The highest BCUT2D eigenvalue weighted by Gasteiger charge is 2.39. The Kier molecular flexibility index (Phi) is 3.05. The molecule has 3 aliphatic rings. The molecule has 4 nitrogen and oxygen atoms in total. The van der Waals surface area contributed by atoms with Crippen LogP contribution in [0, 0.1) is 5.92 Å². The number of Topliss-reactive ketones (excluding diaryl/α,β-unsaturated/α-hetero) is 1. The molecule has 2 aliphatic heterocycles. The number of rotatable bonds is 3. The minimum Gasteiger partial charge on any atom is -0.465 e. The van der Waals surface area contributed by atoms with Crippen LogP contribution in [-0.2, 0) is 14.3 Å². The summed E-state index contributed by atoms with van der Waals surface area (Å²) in [4.78, 5) is 24.9. The lowest BCUT2D eigenvalue weighted by molar-refractivity contribution is -0.149. The van der Waals surface area contributed by atoms with E-state index in [2.05, 4.69) is 4.90 Å². The van der Waals surface area contributed by atoms with Gasteiger partial charge in [-0.3, -0.25) is 14.5 Å². The molecule has 3 rings (SSSR count). The highest BCUT2D eigenvalue weighted by molar-refractivity contribution is 5.84. The number of nitrogens with zero attached hydrogens (tertiary/aromatic N) is 1. The van der Waals surface area contributed by atoms with Gasteiger partial charge >= 0.3 is 5.97 Å². The van der Waals surface area contributed by atoms with E-state index in [0.717, 1.165) is 19.4 Å². The van der Waals surface area contributed by atoms with Crippen molar-refractivity contribution in [3.05, 3.63) is 0 Å². The molecule has 0 aromatic rings. The zero-order valence-electron chi connectivity index (χ0n) is 9.07. The molecule has 84 valence electrons. The van der Waals surface area contributed by atoms with E-state index in [-0.39, 0.29) is 17.9 Å². The van der Waals surface area contributed by atoms with E-state index in [0.29, 0.717) is 25.4 Å². The Labute approximate surface area is 89.6 Å². The van der Waals surface area contributed by atoms with Crippen LogP contribution >= 0.6 is 0 Å². The molecule has 2 atom stereocenters. The number of esters is 1. The van der Waals surface area contributed by atoms with Crippen molar-refractivity contribution in [2.24, 2.45) is 5.92 Å². The standard InChI is InChI=1S/C11H17NO3/c1-2-15-11(14)7-12-6-8-3-4-9(12)5-10(8)13/h8-9H,2-7H2,1H3. The SMILES string of the molecule is CCOC(=O)CN1CC2CCC1CC2=O. The molecule has 2 bridgehead atoms. The Morgan fingerprint density at radius 2 is 2.33 bits per heavy atom. The van der Waals surface area contributed by atoms with Gasteiger partial charge in [0.2, 0.25) is 0 Å². The summed E-state index contributed by atoms with van der Waals surface area (Å²) in [5, 5.41) is 0. The van der Waals surface area contributed by atoms with Crippen molar-refractivity contribution in [2.75, 3.05) is 19.7 Å². The van der Waals surface area contributed by atoms with Gasteiger partial charge in [0.25, 0.3) is 0 Å². The van der Waals surface area contributed by atoms with Crippen LogP contribution < -0.4 is 0 Å². The summed E-state index contributed by atoms with van der Waals surface area (Å²) in [6, 6.07) is 0.284. The molecular formula is C11H17NO3. The van der Waals surface area contributed by atoms with Gasteiger partial charge in [-0.2, -0.15) is 0 Å². The zero-order chi connectivity index (χ0) is 10.8. The number of ketones is 1. The second-order valence-electron chi connectivity index (χ2n) is 4.33. The maximum atomic E-state index is 11.5. The van der Waals surface area contributed by atoms with Gasteiger partial charge in [0.1, 0.15) is 5.78 Å². The Balaban J connectivity index is 1.90. The summed E-state index contributed by atoms with van der Waals surface area (Å²) in [6.45, 7) is 3.34. The molecule has 2 saturated heterocycles. The summed E-state index contributed by atoms with van der Waals surface area (Å²) < 4.78 is 4.91. The minimum atomic E-state index is -0.169. The first-order chi connectivity index (χ1) is 7.20. The maximum Gasteiger partial charge on any atom is 0.320 e. The van der Waals surface area contributed by atoms with E-state index in [1.807, 2.05) is 6.92 Å². The molecule has 0 aromatic carbocycles. The molecule has 2 unspecified atom stereocenters. The number of ether oxygens (including phenoxy) is 1. The van der Waals surface area contributed by atoms with E-state index < -0.39 is 0 Å². The monoisotopic (exact) mass is 211 g/mol. The van der Waals surface area contributed by atoms with E-state index in [1.165, 1.54) is 0 Å². The Morgan fingerprint density at radius 1 is 1.53 bits per heavy atom. The lowest BCUT2D eigenvalue weighted by Gasteiger charge is -2.43. The Hall–Kier alpha value is -0.900. The third-order valence-corrected chi connectivity index (χ3v) is 3.35. The van der Waals surface area contributed by atoms with Crippen molar-refractivity contribution >= 4 is 11.8 Å². The Morgan fingerprint density at radius 3 is 2.87 bits per heavy atom. The van der Waals surface area contributed by atoms with Crippen molar-refractivity contribution in [3.8, 4) is 0 Å². The lowest BCUT2D eigenvalue weighted by atomic mass is 9.79. The molecule has 0 spiro atoms. The number of hydrogen-bond acceptors (Lipinski definition) is 4. The number of piperidine rings is 2. The summed E-state index contributed by atoms with van der Waals surface area (Å²) >= 11 is 0. The number of carbonyl (C=O) groups excluding carboxylic acids is 2. The Bertz CT molecular complexity index is 277. The van der Waals surface area contributed by atoms with Gasteiger partial charge in [-0.05, 0) is 19.8 Å². The molecule has 3 fully saturated rings. The van der Waals surface area contributed by atoms with Crippen LogP contribution in [0.1, 0.15) is 26.2 Å². The molecule has 1 saturated carbocycles. The zero-order valence-corrected chi connectivity index (χ0v) is 9.07. The first-order valence-electron chi connectivity index (χ1n) is 5.63. The van der Waals surface area contributed by atoms with E-state index in [9.17, 15) is 9.59 Å². The van der Waals surface area contributed by atoms with Gasteiger partial charge in [-0.1, -0.05) is 0 Å². The summed E-state index contributed by atoms with van der Waals surface area (Å²) in [7, 11) is 0. The fourth-order valence-corrected chi connectivity index (χ4v) is 2.56. The third-order valence-electron chi connectivity index (χ3n) is 3.35. The number of fused-ring (bicyclic) bond motifs is 3. The van der Waals surface area contributed by atoms with Gasteiger partial charge in [-0.25, -0.2) is 0 Å². The lowest BCUT2D eigenvalue weighted by Crippen LogP contribution is -2.53. The highest BCUT2D eigenvalue weighted by atomic mass is 16.5.